The number of aryl methyl sites for hydroxylation is 6. The van der Waals surface area contributed by atoms with Crippen molar-refractivity contribution in [2.24, 2.45) is 0 Å². The minimum absolute atomic E-state index is 0.953. The molecule has 0 atom stereocenters. The normalized spacial score (nSPS) is 11.3. The number of hydrogen-bond donors (Lipinski definition) is 0. The summed E-state index contributed by atoms with van der Waals surface area (Å²) in [4.78, 5) is 4.80. The fourth-order valence-electron chi connectivity index (χ4n) is 7.63. The van der Waals surface area contributed by atoms with Crippen molar-refractivity contribution in [2.75, 3.05) is 9.80 Å². The molecule has 0 bridgehead atoms. The lowest BCUT2D eigenvalue weighted by atomic mass is 9.88. The molecule has 0 aliphatic heterocycles. The predicted molar refractivity (Wildman–Crippen MR) is 209 cm³/mol. The molecule has 0 aliphatic rings. The van der Waals surface area contributed by atoms with E-state index >= 15 is 0 Å². The van der Waals surface area contributed by atoms with Gasteiger partial charge in [-0.2, -0.15) is 0 Å². The van der Waals surface area contributed by atoms with E-state index in [1.54, 1.807) is 0 Å². The fraction of sp³-hybridized carbons (Fsp3) is 0.174. The Hall–Kier alpha value is -5.34. The predicted octanol–water partition coefficient (Wildman–Crippen LogP) is 13.3. The Morgan fingerprint density at radius 1 is 0.333 bits per heavy atom. The van der Waals surface area contributed by atoms with Crippen molar-refractivity contribution in [2.45, 2.75) is 54.4 Å². The molecule has 7 aromatic rings. The van der Waals surface area contributed by atoms with Crippen LogP contribution in [0.15, 0.2) is 133 Å². The molecule has 2 nitrogen and oxygen atoms in total. The zero-order valence-electron chi connectivity index (χ0n) is 29.0. The number of fused-ring (bicyclic) bond motifs is 2. The van der Waals surface area contributed by atoms with E-state index in [9.17, 15) is 0 Å². The van der Waals surface area contributed by atoms with Gasteiger partial charge in [-0.3, -0.25) is 0 Å². The minimum atomic E-state index is 0.953. The van der Waals surface area contributed by atoms with Crippen molar-refractivity contribution >= 4 is 55.7 Å². The van der Waals surface area contributed by atoms with Crippen LogP contribution in [0.1, 0.15) is 47.2 Å². The molecule has 0 aliphatic carbocycles. The summed E-state index contributed by atoms with van der Waals surface area (Å²) in [6, 6.07) is 49.4. The summed E-state index contributed by atoms with van der Waals surface area (Å²) in [6.45, 7) is 13.3. The Balaban J connectivity index is 1.45. The second-order valence-corrected chi connectivity index (χ2v) is 13.2. The summed E-state index contributed by atoms with van der Waals surface area (Å²) in [5.74, 6) is 0. The van der Waals surface area contributed by atoms with Crippen LogP contribution in [0.4, 0.5) is 34.1 Å². The van der Waals surface area contributed by atoms with Gasteiger partial charge in [0.1, 0.15) is 0 Å². The highest BCUT2D eigenvalue weighted by atomic mass is 15.1. The average molecular weight is 625 g/mol. The fourth-order valence-corrected chi connectivity index (χ4v) is 7.63. The van der Waals surface area contributed by atoms with Gasteiger partial charge >= 0.3 is 0 Å². The highest BCUT2D eigenvalue weighted by molar-refractivity contribution is 6.08. The molecule has 0 heterocycles. The summed E-state index contributed by atoms with van der Waals surface area (Å²) < 4.78 is 0. The summed E-state index contributed by atoms with van der Waals surface area (Å²) in [5, 5.41) is 5.36. The van der Waals surface area contributed by atoms with Crippen molar-refractivity contribution in [3.63, 3.8) is 0 Å². The Kier molecular flexibility index (Phi) is 8.50. The average Bonchev–Trinajstić information content (AvgIpc) is 3.07. The molecule has 48 heavy (non-hydrogen) atoms. The summed E-state index contributed by atoms with van der Waals surface area (Å²) in [7, 11) is 0. The van der Waals surface area contributed by atoms with Gasteiger partial charge in [0.15, 0.2) is 0 Å². The van der Waals surface area contributed by atoms with Crippen LogP contribution in [0.3, 0.4) is 0 Å². The second-order valence-electron chi connectivity index (χ2n) is 13.2. The van der Waals surface area contributed by atoms with Crippen LogP contribution in [0, 0.1) is 27.7 Å². The number of nitrogens with zero attached hydrogens (tertiary/aromatic N) is 2. The van der Waals surface area contributed by atoms with Gasteiger partial charge in [-0.05, 0) is 168 Å². The standard InChI is InChI=1S/C46H44N2/c1-7-41-43-21-19-38(48(36-17-13-10-14-18-36)40-27-33(5)24-34(6)28-40)30-46(43)42(8-2)44-22-20-37(29-45(41)44)47(35-15-11-9-12-16-35)39-25-31(3)23-32(4)26-39/h9-30H,7-8H2,1-6H3. The second kappa shape index (κ2) is 13.0. The first-order valence-corrected chi connectivity index (χ1v) is 17.2. The van der Waals surface area contributed by atoms with Crippen LogP contribution in [0.25, 0.3) is 21.5 Å². The van der Waals surface area contributed by atoms with Crippen LogP contribution < -0.4 is 9.80 Å². The van der Waals surface area contributed by atoms with Crippen molar-refractivity contribution in [1.29, 1.82) is 0 Å². The Labute approximate surface area is 285 Å². The van der Waals surface area contributed by atoms with E-state index in [2.05, 4.69) is 185 Å². The van der Waals surface area contributed by atoms with Gasteiger partial charge in [0.25, 0.3) is 0 Å². The van der Waals surface area contributed by atoms with Crippen molar-refractivity contribution in [1.82, 2.24) is 0 Å². The molecule has 0 unspecified atom stereocenters. The topological polar surface area (TPSA) is 6.48 Å². The van der Waals surface area contributed by atoms with Crippen molar-refractivity contribution in [3.05, 3.63) is 167 Å². The largest absolute Gasteiger partial charge is 0.310 e. The smallest absolute Gasteiger partial charge is 0.0468 e. The van der Waals surface area contributed by atoms with Gasteiger partial charge < -0.3 is 9.80 Å². The van der Waals surface area contributed by atoms with E-state index in [-0.39, 0.29) is 0 Å². The number of rotatable bonds is 8. The number of hydrogen-bond acceptors (Lipinski definition) is 2. The van der Waals surface area contributed by atoms with Crippen LogP contribution in [0.5, 0.6) is 0 Å². The SMILES string of the molecule is CCc1c2ccc(N(c3ccccc3)c3cc(C)cc(C)c3)cc2c(CC)c2ccc(N(c3ccccc3)c3cc(C)cc(C)c3)cc12. The lowest BCUT2D eigenvalue weighted by molar-refractivity contribution is 1.15. The first-order chi connectivity index (χ1) is 23.3. The third kappa shape index (κ3) is 5.84. The molecule has 0 amide bonds. The van der Waals surface area contributed by atoms with E-state index in [0.717, 1.165) is 24.2 Å². The molecule has 0 saturated heterocycles. The molecular formula is C46H44N2. The van der Waals surface area contributed by atoms with Gasteiger partial charge in [-0.25, -0.2) is 0 Å². The van der Waals surface area contributed by atoms with Crippen LogP contribution in [-0.4, -0.2) is 0 Å². The van der Waals surface area contributed by atoms with Gasteiger partial charge in [-0.15, -0.1) is 0 Å². The number of anilines is 6. The lowest BCUT2D eigenvalue weighted by Crippen LogP contribution is -2.11. The zero-order chi connectivity index (χ0) is 33.4. The third-order valence-electron chi connectivity index (χ3n) is 9.49. The van der Waals surface area contributed by atoms with E-state index in [4.69, 9.17) is 0 Å². The number of para-hydroxylation sites is 2. The lowest BCUT2D eigenvalue weighted by Gasteiger charge is -2.28. The first-order valence-electron chi connectivity index (χ1n) is 17.2. The first kappa shape index (κ1) is 31.3. The summed E-state index contributed by atoms with van der Waals surface area (Å²) in [5.41, 5.74) is 14.9. The van der Waals surface area contributed by atoms with E-state index in [1.165, 1.54) is 77.7 Å². The van der Waals surface area contributed by atoms with Crippen molar-refractivity contribution < 1.29 is 0 Å². The molecule has 0 aromatic heterocycles. The molecule has 0 radical (unpaired) electrons. The zero-order valence-corrected chi connectivity index (χ0v) is 29.0. The van der Waals surface area contributed by atoms with E-state index in [0.29, 0.717) is 0 Å². The molecule has 0 fully saturated rings. The van der Waals surface area contributed by atoms with Gasteiger partial charge in [0.2, 0.25) is 0 Å². The maximum Gasteiger partial charge on any atom is 0.0468 e. The summed E-state index contributed by atoms with van der Waals surface area (Å²) in [6.07, 6.45) is 1.91. The molecule has 238 valence electrons. The van der Waals surface area contributed by atoms with Crippen LogP contribution in [-0.2, 0) is 12.8 Å². The van der Waals surface area contributed by atoms with E-state index in [1.807, 2.05) is 0 Å². The Morgan fingerprint density at radius 3 is 1.02 bits per heavy atom. The maximum atomic E-state index is 2.43. The molecule has 0 spiro atoms. The van der Waals surface area contributed by atoms with Gasteiger partial charge in [0.05, 0.1) is 0 Å². The van der Waals surface area contributed by atoms with Crippen LogP contribution in [0.2, 0.25) is 0 Å². The molecule has 0 N–H and O–H groups in total. The Bertz CT molecular complexity index is 2050. The minimum Gasteiger partial charge on any atom is -0.310 e. The molecule has 0 saturated carbocycles. The van der Waals surface area contributed by atoms with Gasteiger partial charge in [0, 0.05) is 34.1 Å². The Morgan fingerprint density at radius 2 is 0.688 bits per heavy atom. The molecule has 7 aromatic carbocycles. The summed E-state index contributed by atoms with van der Waals surface area (Å²) >= 11 is 0. The van der Waals surface area contributed by atoms with Crippen molar-refractivity contribution in [3.8, 4) is 0 Å². The molecular weight excluding hydrogens is 581 g/mol. The molecule has 2 heteroatoms. The third-order valence-corrected chi connectivity index (χ3v) is 9.49. The highest BCUT2D eigenvalue weighted by Crippen LogP contribution is 2.43. The number of benzene rings is 7. The monoisotopic (exact) mass is 624 g/mol. The molecule has 7 rings (SSSR count). The van der Waals surface area contributed by atoms with E-state index < -0.39 is 0 Å². The highest BCUT2D eigenvalue weighted by Gasteiger charge is 2.20. The maximum absolute atomic E-state index is 2.43. The van der Waals surface area contributed by atoms with Gasteiger partial charge in [-0.1, -0.05) is 74.5 Å². The van der Waals surface area contributed by atoms with Crippen LogP contribution >= 0.6 is 0 Å². The quantitative estimate of drug-likeness (QED) is 0.155.